The average Bonchev–Trinajstić information content (AvgIpc) is 2.76. The van der Waals surface area contributed by atoms with Gasteiger partial charge in [-0.25, -0.2) is 4.39 Å². The number of carbonyl (C=O) groups excluding carboxylic acids is 2. The number of benzene rings is 2. The van der Waals surface area contributed by atoms with E-state index in [0.29, 0.717) is 62.1 Å². The molecule has 3 rings (SSSR count). The van der Waals surface area contributed by atoms with Crippen LogP contribution in [0.4, 0.5) is 10.1 Å². The van der Waals surface area contributed by atoms with E-state index in [2.05, 4.69) is 5.32 Å². The Morgan fingerprint density at radius 2 is 1.80 bits per heavy atom. The van der Waals surface area contributed by atoms with Gasteiger partial charge in [-0.2, -0.15) is 0 Å². The van der Waals surface area contributed by atoms with Crippen LogP contribution in [0.2, 0.25) is 0 Å². The number of carbonyl (C=O) groups is 2. The molecule has 2 aromatic rings. The Balaban J connectivity index is 1.51. The molecule has 1 aliphatic heterocycles. The highest BCUT2D eigenvalue weighted by atomic mass is 19.1. The lowest BCUT2D eigenvalue weighted by Gasteiger charge is -2.32. The summed E-state index contributed by atoms with van der Waals surface area (Å²) in [7, 11) is 1.55. The van der Waals surface area contributed by atoms with Crippen molar-refractivity contribution in [2.24, 2.45) is 0 Å². The van der Waals surface area contributed by atoms with Crippen LogP contribution in [0.3, 0.4) is 0 Å². The number of quaternary nitrogens is 1. The summed E-state index contributed by atoms with van der Waals surface area (Å²) >= 11 is 0. The van der Waals surface area contributed by atoms with Crippen LogP contribution in [0.25, 0.3) is 0 Å². The molecule has 1 heterocycles. The highest BCUT2D eigenvalue weighted by Crippen LogP contribution is 2.28. The molecule has 2 amide bonds. The highest BCUT2D eigenvalue weighted by Gasteiger charge is 2.26. The summed E-state index contributed by atoms with van der Waals surface area (Å²) in [5.41, 5.74) is 1.12. The molecule has 0 atom stereocenters. The van der Waals surface area contributed by atoms with Crippen molar-refractivity contribution in [1.82, 2.24) is 4.90 Å². The molecule has 8 heteroatoms. The number of ether oxygens (including phenoxy) is 2. The van der Waals surface area contributed by atoms with Gasteiger partial charge in [0.15, 0.2) is 18.0 Å². The maximum Gasteiger partial charge on any atom is 0.279 e. The van der Waals surface area contributed by atoms with Gasteiger partial charge in [-0.15, -0.1) is 0 Å². The molecule has 160 valence electrons. The fourth-order valence-corrected chi connectivity index (χ4v) is 3.43. The first kappa shape index (κ1) is 21.6. The zero-order valence-corrected chi connectivity index (χ0v) is 17.2. The molecule has 0 spiro atoms. The monoisotopic (exact) mass is 416 g/mol. The van der Waals surface area contributed by atoms with Gasteiger partial charge >= 0.3 is 0 Å². The van der Waals surface area contributed by atoms with Gasteiger partial charge in [0.05, 0.1) is 39.9 Å². The first-order valence-corrected chi connectivity index (χ1v) is 9.99. The SMILES string of the molecule is CCOc1ccc(C(=O)N2CC[NH+](CC(=O)Nc3ccc(F)cc3)CC2)cc1OC. The first-order chi connectivity index (χ1) is 14.5. The smallest absolute Gasteiger partial charge is 0.279 e. The normalized spacial score (nSPS) is 14.3. The van der Waals surface area contributed by atoms with E-state index >= 15 is 0 Å². The van der Waals surface area contributed by atoms with Crippen molar-refractivity contribution >= 4 is 17.5 Å². The van der Waals surface area contributed by atoms with Gasteiger partial charge in [-0.3, -0.25) is 9.59 Å². The Labute approximate surface area is 175 Å². The van der Waals surface area contributed by atoms with E-state index in [0.717, 1.165) is 4.90 Å². The van der Waals surface area contributed by atoms with Gasteiger partial charge in [0.25, 0.3) is 11.8 Å². The molecule has 7 nitrogen and oxygen atoms in total. The molecule has 0 aromatic heterocycles. The Morgan fingerprint density at radius 1 is 1.10 bits per heavy atom. The van der Waals surface area contributed by atoms with Gasteiger partial charge < -0.3 is 24.6 Å². The number of rotatable bonds is 7. The molecule has 2 N–H and O–H groups in total. The summed E-state index contributed by atoms with van der Waals surface area (Å²) < 4.78 is 23.8. The van der Waals surface area contributed by atoms with Crippen molar-refractivity contribution < 1.29 is 28.4 Å². The molecule has 0 saturated carbocycles. The summed E-state index contributed by atoms with van der Waals surface area (Å²) in [4.78, 5) is 28.0. The van der Waals surface area contributed by atoms with Crippen LogP contribution >= 0.6 is 0 Å². The predicted octanol–water partition coefficient (Wildman–Crippen LogP) is 1.21. The van der Waals surface area contributed by atoms with Crippen molar-refractivity contribution in [2.45, 2.75) is 6.92 Å². The summed E-state index contributed by atoms with van der Waals surface area (Å²) in [6.07, 6.45) is 0. The predicted molar refractivity (Wildman–Crippen MR) is 111 cm³/mol. The molecular weight excluding hydrogens is 389 g/mol. The summed E-state index contributed by atoms with van der Waals surface area (Å²) in [5, 5.41) is 2.77. The molecule has 1 fully saturated rings. The number of hydrogen-bond acceptors (Lipinski definition) is 4. The minimum atomic E-state index is -0.343. The van der Waals surface area contributed by atoms with Gasteiger partial charge in [0, 0.05) is 11.3 Å². The first-order valence-electron chi connectivity index (χ1n) is 9.99. The number of amides is 2. The zero-order valence-electron chi connectivity index (χ0n) is 17.2. The number of nitrogens with zero attached hydrogens (tertiary/aromatic N) is 1. The van der Waals surface area contributed by atoms with Crippen molar-refractivity contribution in [3.05, 3.63) is 53.8 Å². The second-order valence-corrected chi connectivity index (χ2v) is 7.07. The largest absolute Gasteiger partial charge is 0.493 e. The molecular formula is C22H27FN3O4+. The Hall–Kier alpha value is -3.13. The lowest BCUT2D eigenvalue weighted by Crippen LogP contribution is -3.15. The fourth-order valence-electron chi connectivity index (χ4n) is 3.43. The Morgan fingerprint density at radius 3 is 2.43 bits per heavy atom. The van der Waals surface area contributed by atoms with Crippen LogP contribution in [0.5, 0.6) is 11.5 Å². The topological polar surface area (TPSA) is 72.3 Å². The number of nitrogens with one attached hydrogen (secondary N) is 2. The van der Waals surface area contributed by atoms with Crippen LogP contribution in [-0.4, -0.2) is 63.2 Å². The lowest BCUT2D eigenvalue weighted by atomic mass is 10.1. The third-order valence-electron chi connectivity index (χ3n) is 5.01. The molecule has 1 aliphatic rings. The van der Waals surface area contributed by atoms with E-state index in [1.165, 1.54) is 24.3 Å². The number of hydrogen-bond donors (Lipinski definition) is 2. The van der Waals surface area contributed by atoms with Crippen molar-refractivity contribution in [2.75, 3.05) is 51.8 Å². The molecule has 2 aromatic carbocycles. The minimum Gasteiger partial charge on any atom is -0.493 e. The fraction of sp³-hybridized carbons (Fsp3) is 0.364. The van der Waals surface area contributed by atoms with Crippen molar-refractivity contribution in [1.29, 1.82) is 0 Å². The van der Waals surface area contributed by atoms with E-state index in [4.69, 9.17) is 9.47 Å². The maximum absolute atomic E-state index is 13.0. The summed E-state index contributed by atoms with van der Waals surface area (Å²) in [5.74, 6) is 0.603. The van der Waals surface area contributed by atoms with Crippen molar-refractivity contribution in [3.63, 3.8) is 0 Å². The van der Waals surface area contributed by atoms with Crippen LogP contribution in [-0.2, 0) is 4.79 Å². The summed E-state index contributed by atoms with van der Waals surface area (Å²) in [6, 6.07) is 10.9. The van der Waals surface area contributed by atoms with Gasteiger partial charge in [-0.1, -0.05) is 0 Å². The number of piperazine rings is 1. The minimum absolute atomic E-state index is 0.0637. The molecule has 0 unspecified atom stereocenters. The average molecular weight is 416 g/mol. The zero-order chi connectivity index (χ0) is 21.5. The quantitative estimate of drug-likeness (QED) is 0.712. The maximum atomic E-state index is 13.0. The second kappa shape index (κ2) is 10.1. The van der Waals surface area contributed by atoms with Gasteiger partial charge in [0.2, 0.25) is 0 Å². The van der Waals surface area contributed by atoms with E-state index in [-0.39, 0.29) is 17.6 Å². The third-order valence-corrected chi connectivity index (χ3v) is 5.01. The Kier molecular flexibility index (Phi) is 7.24. The molecule has 0 aliphatic carbocycles. The lowest BCUT2D eigenvalue weighted by molar-refractivity contribution is -0.895. The molecule has 0 radical (unpaired) electrons. The molecule has 30 heavy (non-hydrogen) atoms. The number of halogens is 1. The third kappa shape index (κ3) is 5.48. The number of anilines is 1. The van der Waals surface area contributed by atoms with Crippen molar-refractivity contribution in [3.8, 4) is 11.5 Å². The second-order valence-electron chi connectivity index (χ2n) is 7.07. The van der Waals surface area contributed by atoms with Crippen LogP contribution in [0.15, 0.2) is 42.5 Å². The van der Waals surface area contributed by atoms with Crippen LogP contribution in [0.1, 0.15) is 17.3 Å². The van der Waals surface area contributed by atoms with Crippen LogP contribution < -0.4 is 19.7 Å². The van der Waals surface area contributed by atoms with E-state index < -0.39 is 0 Å². The summed E-state index contributed by atoms with van der Waals surface area (Å²) in [6.45, 7) is 5.19. The van der Waals surface area contributed by atoms with E-state index in [1.807, 2.05) is 6.92 Å². The van der Waals surface area contributed by atoms with Crippen LogP contribution in [0, 0.1) is 5.82 Å². The molecule has 0 bridgehead atoms. The highest BCUT2D eigenvalue weighted by molar-refractivity contribution is 5.95. The standard InChI is InChI=1S/C22H26FN3O4/c1-3-30-19-9-4-16(14-20(19)29-2)22(28)26-12-10-25(11-13-26)15-21(27)24-18-7-5-17(23)6-8-18/h4-9,14H,3,10-13,15H2,1-2H3,(H,24,27)/p+1. The van der Waals surface area contributed by atoms with E-state index in [1.54, 1.807) is 30.2 Å². The number of methoxy groups -OCH3 is 1. The van der Waals surface area contributed by atoms with Gasteiger partial charge in [-0.05, 0) is 49.4 Å². The van der Waals surface area contributed by atoms with Gasteiger partial charge in [0.1, 0.15) is 5.82 Å². The molecule has 1 saturated heterocycles. The Bertz CT molecular complexity index is 880. The van der Waals surface area contributed by atoms with E-state index in [9.17, 15) is 14.0 Å².